The van der Waals surface area contributed by atoms with Crippen molar-refractivity contribution >= 4 is 5.91 Å². The number of aliphatic hydroxyl groups is 1. The zero-order valence-corrected chi connectivity index (χ0v) is 16.3. The predicted molar refractivity (Wildman–Crippen MR) is 104 cm³/mol. The standard InChI is InChI=1S/C22H29NO3/c1-15(2)19-12-11-16(3)13-20(19)26-14-21(24)23(5)17(4)22(25)18-9-7-6-8-10-18/h6-13,15,17,22,25H,14H2,1-5H3. The van der Waals surface area contributed by atoms with Crippen LogP contribution in [0.2, 0.25) is 0 Å². The molecule has 0 heterocycles. The molecule has 0 aliphatic heterocycles. The predicted octanol–water partition coefficient (Wildman–Crippen LogP) is 4.08. The summed E-state index contributed by atoms with van der Waals surface area (Å²) in [6, 6.07) is 15.1. The molecule has 0 saturated heterocycles. The molecule has 2 unspecified atom stereocenters. The van der Waals surface area contributed by atoms with Crippen LogP contribution in [0.1, 0.15) is 49.5 Å². The van der Waals surface area contributed by atoms with Gasteiger partial charge in [-0.05, 0) is 42.5 Å². The average Bonchev–Trinajstić information content (AvgIpc) is 2.64. The van der Waals surface area contributed by atoms with Crippen molar-refractivity contribution in [2.45, 2.75) is 45.8 Å². The second-order valence-electron chi connectivity index (χ2n) is 7.09. The monoisotopic (exact) mass is 355 g/mol. The molecule has 1 N–H and O–H groups in total. The van der Waals surface area contributed by atoms with Gasteiger partial charge in [0, 0.05) is 7.05 Å². The normalized spacial score (nSPS) is 13.3. The fourth-order valence-electron chi connectivity index (χ4n) is 2.85. The first-order valence-corrected chi connectivity index (χ1v) is 9.03. The minimum absolute atomic E-state index is 0.0501. The van der Waals surface area contributed by atoms with Crippen molar-refractivity contribution in [3.8, 4) is 5.75 Å². The minimum Gasteiger partial charge on any atom is -0.483 e. The second kappa shape index (κ2) is 8.86. The molecular formula is C22H29NO3. The van der Waals surface area contributed by atoms with Gasteiger partial charge in [0.1, 0.15) is 5.75 Å². The van der Waals surface area contributed by atoms with Gasteiger partial charge in [-0.3, -0.25) is 4.79 Å². The molecule has 0 bridgehead atoms. The lowest BCUT2D eigenvalue weighted by Crippen LogP contribution is -2.41. The van der Waals surface area contributed by atoms with Crippen molar-refractivity contribution in [3.63, 3.8) is 0 Å². The molecule has 2 atom stereocenters. The maximum absolute atomic E-state index is 12.5. The first-order valence-electron chi connectivity index (χ1n) is 9.03. The van der Waals surface area contributed by atoms with Gasteiger partial charge >= 0.3 is 0 Å². The molecule has 0 aliphatic carbocycles. The van der Waals surface area contributed by atoms with Crippen LogP contribution in [0.4, 0.5) is 0 Å². The lowest BCUT2D eigenvalue weighted by Gasteiger charge is -2.29. The van der Waals surface area contributed by atoms with Gasteiger partial charge < -0.3 is 14.7 Å². The van der Waals surface area contributed by atoms with Gasteiger partial charge in [0.15, 0.2) is 6.61 Å². The van der Waals surface area contributed by atoms with E-state index in [4.69, 9.17) is 4.74 Å². The Kier molecular flexibility index (Phi) is 6.81. The number of aryl methyl sites for hydroxylation is 1. The highest BCUT2D eigenvalue weighted by Gasteiger charge is 2.24. The maximum Gasteiger partial charge on any atom is 0.260 e. The topological polar surface area (TPSA) is 49.8 Å². The Labute approximate surface area is 156 Å². The van der Waals surface area contributed by atoms with Gasteiger partial charge in [-0.25, -0.2) is 0 Å². The van der Waals surface area contributed by atoms with Crippen LogP contribution in [0.3, 0.4) is 0 Å². The van der Waals surface area contributed by atoms with Crippen LogP contribution in [-0.4, -0.2) is 35.6 Å². The summed E-state index contributed by atoms with van der Waals surface area (Å²) in [6.45, 7) is 7.99. The van der Waals surface area contributed by atoms with Gasteiger partial charge in [-0.1, -0.05) is 56.3 Å². The number of nitrogens with zero attached hydrogens (tertiary/aromatic N) is 1. The van der Waals surface area contributed by atoms with Crippen LogP contribution in [0, 0.1) is 6.92 Å². The highest BCUT2D eigenvalue weighted by Crippen LogP contribution is 2.27. The van der Waals surface area contributed by atoms with Gasteiger partial charge in [0.25, 0.3) is 5.91 Å². The Morgan fingerprint density at radius 3 is 2.38 bits per heavy atom. The van der Waals surface area contributed by atoms with E-state index in [0.29, 0.717) is 5.92 Å². The fourth-order valence-corrected chi connectivity index (χ4v) is 2.85. The largest absolute Gasteiger partial charge is 0.483 e. The zero-order chi connectivity index (χ0) is 19.3. The van der Waals surface area contributed by atoms with E-state index in [0.717, 1.165) is 22.4 Å². The molecule has 4 heteroatoms. The number of hydrogen-bond donors (Lipinski definition) is 1. The molecule has 2 aromatic carbocycles. The number of amides is 1. The quantitative estimate of drug-likeness (QED) is 0.814. The number of benzene rings is 2. The van der Waals surface area contributed by atoms with Crippen LogP contribution in [0.15, 0.2) is 48.5 Å². The molecule has 2 aromatic rings. The average molecular weight is 355 g/mol. The summed E-state index contributed by atoms with van der Waals surface area (Å²) in [7, 11) is 1.70. The maximum atomic E-state index is 12.5. The van der Waals surface area contributed by atoms with Crippen LogP contribution in [-0.2, 0) is 4.79 Å². The third-order valence-corrected chi connectivity index (χ3v) is 4.74. The summed E-state index contributed by atoms with van der Waals surface area (Å²) in [5.41, 5.74) is 2.97. The number of carbonyl (C=O) groups excluding carboxylic acids is 1. The molecular weight excluding hydrogens is 326 g/mol. The van der Waals surface area contributed by atoms with Crippen LogP contribution in [0.25, 0.3) is 0 Å². The summed E-state index contributed by atoms with van der Waals surface area (Å²) in [5, 5.41) is 10.5. The summed E-state index contributed by atoms with van der Waals surface area (Å²) in [5.74, 6) is 0.902. The fraction of sp³-hybridized carbons (Fsp3) is 0.409. The smallest absolute Gasteiger partial charge is 0.260 e. The van der Waals surface area contributed by atoms with Crippen molar-refractivity contribution in [3.05, 3.63) is 65.2 Å². The van der Waals surface area contributed by atoms with E-state index in [2.05, 4.69) is 19.9 Å². The Bertz CT molecular complexity index is 727. The first kappa shape index (κ1) is 20.0. The van der Waals surface area contributed by atoms with Gasteiger partial charge in [0.2, 0.25) is 0 Å². The zero-order valence-electron chi connectivity index (χ0n) is 16.3. The Hall–Kier alpha value is -2.33. The highest BCUT2D eigenvalue weighted by atomic mass is 16.5. The Morgan fingerprint density at radius 1 is 1.12 bits per heavy atom. The highest BCUT2D eigenvalue weighted by molar-refractivity contribution is 5.78. The molecule has 0 spiro atoms. The first-order chi connectivity index (χ1) is 12.3. The number of rotatable bonds is 7. The number of hydrogen-bond acceptors (Lipinski definition) is 3. The van der Waals surface area contributed by atoms with E-state index in [9.17, 15) is 9.90 Å². The van der Waals surface area contributed by atoms with E-state index >= 15 is 0 Å². The van der Waals surface area contributed by atoms with Crippen molar-refractivity contribution in [2.75, 3.05) is 13.7 Å². The number of ether oxygens (including phenoxy) is 1. The third-order valence-electron chi connectivity index (χ3n) is 4.74. The molecule has 2 rings (SSSR count). The molecule has 0 saturated carbocycles. The van der Waals surface area contributed by atoms with E-state index < -0.39 is 6.10 Å². The van der Waals surface area contributed by atoms with Crippen molar-refractivity contribution in [1.82, 2.24) is 4.90 Å². The van der Waals surface area contributed by atoms with Gasteiger partial charge in [0.05, 0.1) is 12.1 Å². The molecule has 0 aliphatic rings. The SMILES string of the molecule is Cc1ccc(C(C)C)c(OCC(=O)N(C)C(C)C(O)c2ccccc2)c1. The van der Waals surface area contributed by atoms with Crippen molar-refractivity contribution in [1.29, 1.82) is 0 Å². The number of carbonyl (C=O) groups is 1. The van der Waals surface area contributed by atoms with E-state index in [1.807, 2.05) is 56.3 Å². The molecule has 0 radical (unpaired) electrons. The van der Waals surface area contributed by atoms with Crippen molar-refractivity contribution < 1.29 is 14.6 Å². The van der Waals surface area contributed by atoms with E-state index in [-0.39, 0.29) is 18.6 Å². The third kappa shape index (κ3) is 4.85. The molecule has 0 aromatic heterocycles. The van der Waals surface area contributed by atoms with Crippen LogP contribution in [0.5, 0.6) is 5.75 Å². The second-order valence-corrected chi connectivity index (χ2v) is 7.09. The Morgan fingerprint density at radius 2 is 1.77 bits per heavy atom. The van der Waals surface area contributed by atoms with Crippen molar-refractivity contribution in [2.24, 2.45) is 0 Å². The van der Waals surface area contributed by atoms with Gasteiger partial charge in [-0.2, -0.15) is 0 Å². The Balaban J connectivity index is 2.02. The van der Waals surface area contributed by atoms with Gasteiger partial charge in [-0.15, -0.1) is 0 Å². The summed E-state index contributed by atoms with van der Waals surface area (Å²) in [6.07, 6.45) is -0.740. The summed E-state index contributed by atoms with van der Waals surface area (Å²) < 4.78 is 5.82. The molecule has 4 nitrogen and oxygen atoms in total. The minimum atomic E-state index is -0.740. The lowest BCUT2D eigenvalue weighted by molar-refractivity contribution is -0.136. The van der Waals surface area contributed by atoms with Crippen LogP contribution < -0.4 is 4.74 Å². The van der Waals surface area contributed by atoms with Crippen LogP contribution >= 0.6 is 0 Å². The molecule has 0 fully saturated rings. The molecule has 1 amide bonds. The number of likely N-dealkylation sites (N-methyl/N-ethyl adjacent to an activating group) is 1. The summed E-state index contributed by atoms with van der Waals surface area (Å²) >= 11 is 0. The summed E-state index contributed by atoms with van der Waals surface area (Å²) in [4.78, 5) is 14.1. The molecule has 26 heavy (non-hydrogen) atoms. The van der Waals surface area contributed by atoms with E-state index in [1.165, 1.54) is 0 Å². The van der Waals surface area contributed by atoms with E-state index in [1.54, 1.807) is 11.9 Å². The molecule has 140 valence electrons. The lowest BCUT2D eigenvalue weighted by atomic mass is 10.0. The number of aliphatic hydroxyl groups excluding tert-OH is 1.